The van der Waals surface area contributed by atoms with Crippen LogP contribution >= 0.6 is 11.8 Å². The van der Waals surface area contributed by atoms with Crippen molar-refractivity contribution in [3.8, 4) is 5.75 Å². The van der Waals surface area contributed by atoms with Crippen LogP contribution in [0.4, 0.5) is 14.5 Å². The molecule has 5 nitrogen and oxygen atoms in total. The van der Waals surface area contributed by atoms with Gasteiger partial charge in [-0.15, -0.1) is 0 Å². The maximum absolute atomic E-state index is 12.7. The summed E-state index contributed by atoms with van der Waals surface area (Å²) < 4.78 is 31.0. The number of carbonyl (C=O) groups is 1. The number of hydrogen-bond acceptors (Lipinski definition) is 5. The van der Waals surface area contributed by atoms with Crippen LogP contribution in [-0.2, 0) is 17.8 Å². The van der Waals surface area contributed by atoms with Crippen LogP contribution < -0.4 is 10.1 Å². The Hall–Kier alpha value is -2.16. The number of hydrogen-bond donors (Lipinski definition) is 1. The topological polar surface area (TPSA) is 44.8 Å². The Morgan fingerprint density at radius 2 is 1.87 bits per heavy atom. The highest BCUT2D eigenvalue weighted by molar-refractivity contribution is 7.99. The summed E-state index contributed by atoms with van der Waals surface area (Å²) in [7, 11) is 0. The minimum atomic E-state index is -2.52. The van der Waals surface area contributed by atoms with Gasteiger partial charge in [-0.25, -0.2) is 0 Å². The molecule has 2 aromatic rings. The quantitative estimate of drug-likeness (QED) is 0.675. The number of amides is 1. The van der Waals surface area contributed by atoms with Gasteiger partial charge in [-0.3, -0.25) is 14.6 Å². The number of piperazine rings is 1. The van der Waals surface area contributed by atoms with E-state index >= 15 is 0 Å². The average Bonchev–Trinajstić information content (AvgIpc) is 3.18. The first kappa shape index (κ1) is 21.1. The second-order valence-corrected chi connectivity index (χ2v) is 8.55. The molecule has 8 heteroatoms. The first-order valence-electron chi connectivity index (χ1n) is 10.1. The second-order valence-electron chi connectivity index (χ2n) is 7.52. The first-order valence-corrected chi connectivity index (χ1v) is 11.0. The van der Waals surface area contributed by atoms with E-state index < -0.39 is 5.76 Å². The Morgan fingerprint density at radius 3 is 2.67 bits per heavy atom. The molecule has 2 aliphatic heterocycles. The molecule has 0 spiro atoms. The Balaban J connectivity index is 1.24. The Labute approximate surface area is 179 Å². The van der Waals surface area contributed by atoms with Gasteiger partial charge in [-0.2, -0.15) is 8.78 Å². The number of anilines is 1. The molecule has 1 saturated heterocycles. The van der Waals surface area contributed by atoms with Gasteiger partial charge in [0.1, 0.15) is 5.75 Å². The van der Waals surface area contributed by atoms with Gasteiger partial charge in [0.2, 0.25) is 5.91 Å². The summed E-state index contributed by atoms with van der Waals surface area (Å²) in [6.07, 6.45) is 0.977. The lowest BCUT2D eigenvalue weighted by Crippen LogP contribution is -2.48. The molecule has 0 aliphatic carbocycles. The lowest BCUT2D eigenvalue weighted by molar-refractivity contribution is -0.117. The minimum Gasteiger partial charge on any atom is -0.493 e. The molecule has 30 heavy (non-hydrogen) atoms. The molecule has 0 aromatic heterocycles. The number of ether oxygens (including phenoxy) is 1. The molecule has 2 aromatic carbocycles. The standard InChI is InChI=1S/C22H25F2N3O2S/c23-22(24)30-20-4-2-1-3-18(20)25-21(28)15-27-10-8-26(9-11-27)14-16-5-6-19-17(13-16)7-12-29-19/h1-6,13,22H,7-12,14-15H2,(H,25,28). The third-order valence-corrected chi connectivity index (χ3v) is 6.16. The van der Waals surface area contributed by atoms with E-state index in [2.05, 4.69) is 33.3 Å². The molecule has 160 valence electrons. The van der Waals surface area contributed by atoms with Gasteiger partial charge in [0.15, 0.2) is 0 Å². The molecule has 2 heterocycles. The molecule has 1 fully saturated rings. The molecule has 0 atom stereocenters. The zero-order valence-corrected chi connectivity index (χ0v) is 17.5. The molecule has 1 amide bonds. The fourth-order valence-electron chi connectivity index (χ4n) is 3.86. The highest BCUT2D eigenvalue weighted by Crippen LogP contribution is 2.31. The van der Waals surface area contributed by atoms with E-state index in [-0.39, 0.29) is 12.5 Å². The smallest absolute Gasteiger partial charge is 0.288 e. The molecule has 0 radical (unpaired) electrons. The van der Waals surface area contributed by atoms with Crippen LogP contribution in [-0.4, -0.2) is 60.8 Å². The van der Waals surface area contributed by atoms with Gasteiger partial charge in [0, 0.05) is 44.0 Å². The number of nitrogens with zero attached hydrogens (tertiary/aromatic N) is 2. The molecule has 0 saturated carbocycles. The summed E-state index contributed by atoms with van der Waals surface area (Å²) in [4.78, 5) is 17.3. The number of thioether (sulfide) groups is 1. The molecule has 0 unspecified atom stereocenters. The molecular weight excluding hydrogens is 408 g/mol. The van der Waals surface area contributed by atoms with Crippen molar-refractivity contribution in [3.05, 3.63) is 53.6 Å². The predicted molar refractivity (Wildman–Crippen MR) is 114 cm³/mol. The number of carbonyl (C=O) groups excluding carboxylic acids is 1. The van der Waals surface area contributed by atoms with Crippen LogP contribution in [0.1, 0.15) is 11.1 Å². The number of nitrogens with one attached hydrogen (secondary N) is 1. The van der Waals surface area contributed by atoms with Gasteiger partial charge in [0.05, 0.1) is 18.8 Å². The lowest BCUT2D eigenvalue weighted by Gasteiger charge is -2.34. The van der Waals surface area contributed by atoms with Crippen molar-refractivity contribution < 1.29 is 18.3 Å². The van der Waals surface area contributed by atoms with E-state index in [0.717, 1.165) is 51.5 Å². The van der Waals surface area contributed by atoms with Crippen LogP contribution in [0.5, 0.6) is 5.75 Å². The zero-order valence-electron chi connectivity index (χ0n) is 16.7. The van der Waals surface area contributed by atoms with Crippen molar-refractivity contribution in [2.24, 2.45) is 0 Å². The van der Waals surface area contributed by atoms with Crippen LogP contribution in [0.3, 0.4) is 0 Å². The van der Waals surface area contributed by atoms with E-state index in [1.165, 1.54) is 11.1 Å². The predicted octanol–water partition coefficient (Wildman–Crippen LogP) is 3.69. The van der Waals surface area contributed by atoms with Gasteiger partial charge in [0.25, 0.3) is 5.76 Å². The third kappa shape index (κ3) is 5.50. The zero-order chi connectivity index (χ0) is 20.9. The Kier molecular flexibility index (Phi) is 6.86. The number of benzene rings is 2. The van der Waals surface area contributed by atoms with Gasteiger partial charge in [-0.05, 0) is 29.3 Å². The highest BCUT2D eigenvalue weighted by Gasteiger charge is 2.21. The number of para-hydroxylation sites is 1. The minimum absolute atomic E-state index is 0.176. The first-order chi connectivity index (χ1) is 14.6. The molecule has 0 bridgehead atoms. The van der Waals surface area contributed by atoms with E-state index in [1.807, 2.05) is 0 Å². The normalized spacial score (nSPS) is 17.0. The van der Waals surface area contributed by atoms with Crippen LogP contribution in [0.2, 0.25) is 0 Å². The van der Waals surface area contributed by atoms with Crippen LogP contribution in [0, 0.1) is 0 Å². The number of fused-ring (bicyclic) bond motifs is 1. The summed E-state index contributed by atoms with van der Waals surface area (Å²) in [6, 6.07) is 13.1. The second kappa shape index (κ2) is 9.76. The van der Waals surface area contributed by atoms with Crippen molar-refractivity contribution in [2.45, 2.75) is 23.6 Å². The summed E-state index contributed by atoms with van der Waals surface area (Å²) in [5.41, 5.74) is 3.01. The van der Waals surface area contributed by atoms with Crippen LogP contribution in [0.15, 0.2) is 47.4 Å². The summed E-state index contributed by atoms with van der Waals surface area (Å²) >= 11 is 0.445. The molecule has 2 aliphatic rings. The lowest BCUT2D eigenvalue weighted by atomic mass is 10.1. The number of alkyl halides is 2. The monoisotopic (exact) mass is 433 g/mol. The molecule has 1 N–H and O–H groups in total. The maximum Gasteiger partial charge on any atom is 0.288 e. The third-order valence-electron chi connectivity index (χ3n) is 5.37. The Morgan fingerprint density at radius 1 is 1.10 bits per heavy atom. The fraction of sp³-hybridized carbons (Fsp3) is 0.409. The summed E-state index contributed by atoms with van der Waals surface area (Å²) in [6.45, 7) is 5.30. The largest absolute Gasteiger partial charge is 0.493 e. The molecular formula is C22H25F2N3O2S. The van der Waals surface area contributed by atoms with Crippen molar-refractivity contribution in [3.63, 3.8) is 0 Å². The highest BCUT2D eigenvalue weighted by atomic mass is 32.2. The van der Waals surface area contributed by atoms with Gasteiger partial charge in [-0.1, -0.05) is 36.0 Å². The van der Waals surface area contributed by atoms with E-state index in [1.54, 1.807) is 24.3 Å². The Bertz CT molecular complexity index is 888. The SMILES string of the molecule is O=C(CN1CCN(Cc2ccc3c(c2)CCO3)CC1)Nc1ccccc1SC(F)F. The van der Waals surface area contributed by atoms with Crippen molar-refractivity contribution in [1.82, 2.24) is 9.80 Å². The van der Waals surface area contributed by atoms with E-state index in [9.17, 15) is 13.6 Å². The fourth-order valence-corrected chi connectivity index (χ4v) is 4.46. The van der Waals surface area contributed by atoms with Crippen molar-refractivity contribution in [2.75, 3.05) is 44.6 Å². The van der Waals surface area contributed by atoms with Crippen molar-refractivity contribution >= 4 is 23.4 Å². The number of halogens is 2. The van der Waals surface area contributed by atoms with Gasteiger partial charge < -0.3 is 10.1 Å². The van der Waals surface area contributed by atoms with Gasteiger partial charge >= 0.3 is 0 Å². The maximum atomic E-state index is 12.7. The van der Waals surface area contributed by atoms with E-state index in [4.69, 9.17) is 4.74 Å². The van der Waals surface area contributed by atoms with Crippen molar-refractivity contribution in [1.29, 1.82) is 0 Å². The van der Waals surface area contributed by atoms with Crippen LogP contribution in [0.25, 0.3) is 0 Å². The number of rotatable bonds is 7. The summed E-state index contributed by atoms with van der Waals surface area (Å²) in [5, 5.41) is 2.78. The summed E-state index contributed by atoms with van der Waals surface area (Å²) in [5.74, 6) is -1.69. The average molecular weight is 434 g/mol. The molecule has 4 rings (SSSR count). The van der Waals surface area contributed by atoms with E-state index in [0.29, 0.717) is 22.3 Å².